The standard InChI is InChI=1S/C20H28N4O2/c1-14-17(24-12-4-3-7-18(24)21-14)13-19(25)22(2)15-8-9-16(20(15)26)23-10-5-6-11-23/h3-4,7,12,15-16,20,26H,5-6,8-11,13H2,1-2H3/t15-,16-,20-/m1/s1. The molecule has 6 nitrogen and oxygen atoms in total. The van der Waals surface area contributed by atoms with Gasteiger partial charge in [0.2, 0.25) is 5.91 Å². The minimum Gasteiger partial charge on any atom is -0.389 e. The second-order valence-electron chi connectivity index (χ2n) is 7.70. The summed E-state index contributed by atoms with van der Waals surface area (Å²) in [4.78, 5) is 21.6. The maximum Gasteiger partial charge on any atom is 0.228 e. The zero-order valence-electron chi connectivity index (χ0n) is 15.6. The number of aliphatic hydroxyl groups excluding tert-OH is 1. The van der Waals surface area contributed by atoms with Crippen molar-refractivity contribution in [2.75, 3.05) is 20.1 Å². The van der Waals surface area contributed by atoms with E-state index in [1.165, 1.54) is 12.8 Å². The van der Waals surface area contributed by atoms with E-state index in [9.17, 15) is 9.90 Å². The summed E-state index contributed by atoms with van der Waals surface area (Å²) in [6.07, 6.45) is 6.09. The Hall–Kier alpha value is -1.92. The highest BCUT2D eigenvalue weighted by molar-refractivity contribution is 5.79. The highest BCUT2D eigenvalue weighted by Gasteiger charge is 2.41. The monoisotopic (exact) mass is 356 g/mol. The Labute approximate surface area is 154 Å². The van der Waals surface area contributed by atoms with Crippen LogP contribution in [0.4, 0.5) is 0 Å². The molecule has 1 aliphatic heterocycles. The Morgan fingerprint density at radius 1 is 1.31 bits per heavy atom. The van der Waals surface area contributed by atoms with Crippen molar-refractivity contribution in [1.29, 1.82) is 0 Å². The van der Waals surface area contributed by atoms with E-state index in [1.54, 1.807) is 4.90 Å². The van der Waals surface area contributed by atoms with E-state index in [0.717, 1.165) is 43.0 Å². The molecule has 2 fully saturated rings. The van der Waals surface area contributed by atoms with Gasteiger partial charge in [-0.3, -0.25) is 9.69 Å². The van der Waals surface area contributed by atoms with Gasteiger partial charge in [0.25, 0.3) is 0 Å². The third-order valence-corrected chi connectivity index (χ3v) is 6.19. The molecule has 3 atom stereocenters. The van der Waals surface area contributed by atoms with Gasteiger partial charge in [-0.1, -0.05) is 6.07 Å². The van der Waals surface area contributed by atoms with Crippen LogP contribution in [0, 0.1) is 6.92 Å². The van der Waals surface area contributed by atoms with Gasteiger partial charge in [-0.05, 0) is 57.8 Å². The van der Waals surface area contributed by atoms with Crippen LogP contribution in [0.25, 0.3) is 5.65 Å². The van der Waals surface area contributed by atoms with Crippen molar-refractivity contribution in [2.24, 2.45) is 0 Å². The molecule has 2 aliphatic rings. The van der Waals surface area contributed by atoms with Gasteiger partial charge in [-0.2, -0.15) is 0 Å². The lowest BCUT2D eigenvalue weighted by molar-refractivity contribution is -0.133. The molecule has 26 heavy (non-hydrogen) atoms. The average Bonchev–Trinajstić information content (AvgIpc) is 3.34. The second-order valence-corrected chi connectivity index (χ2v) is 7.70. The number of rotatable bonds is 4. The molecule has 1 aliphatic carbocycles. The predicted octanol–water partition coefficient (Wildman–Crippen LogP) is 1.63. The fourth-order valence-corrected chi connectivity index (χ4v) is 4.66. The lowest BCUT2D eigenvalue weighted by Gasteiger charge is -2.32. The van der Waals surface area contributed by atoms with Crippen molar-refractivity contribution in [1.82, 2.24) is 19.2 Å². The molecule has 0 bridgehead atoms. The highest BCUT2D eigenvalue weighted by atomic mass is 16.3. The number of imidazole rings is 1. The fourth-order valence-electron chi connectivity index (χ4n) is 4.66. The molecular formula is C20H28N4O2. The molecule has 6 heteroatoms. The van der Waals surface area contributed by atoms with Gasteiger partial charge in [0.05, 0.1) is 30.0 Å². The van der Waals surface area contributed by atoms with Crippen LogP contribution in [0.1, 0.15) is 37.1 Å². The molecule has 4 rings (SSSR count). The molecule has 0 radical (unpaired) electrons. The SMILES string of the molecule is Cc1nc2ccccn2c1CC(=O)N(C)[C@@H]1CC[C@@H](N2CCCC2)[C@@H]1O. The molecule has 1 saturated heterocycles. The lowest BCUT2D eigenvalue weighted by Crippen LogP contribution is -2.48. The minimum atomic E-state index is -0.453. The summed E-state index contributed by atoms with van der Waals surface area (Å²) < 4.78 is 1.99. The average molecular weight is 356 g/mol. The van der Waals surface area contributed by atoms with Crippen LogP contribution in [-0.4, -0.2) is 68.5 Å². The molecule has 0 unspecified atom stereocenters. The van der Waals surface area contributed by atoms with Gasteiger partial charge in [-0.15, -0.1) is 0 Å². The van der Waals surface area contributed by atoms with Gasteiger partial charge in [0, 0.05) is 19.3 Å². The third-order valence-electron chi connectivity index (χ3n) is 6.19. The Bertz CT molecular complexity index is 796. The molecule has 2 aromatic heterocycles. The number of hydrogen-bond acceptors (Lipinski definition) is 4. The number of amides is 1. The van der Waals surface area contributed by atoms with Gasteiger partial charge in [0.15, 0.2) is 0 Å². The maximum atomic E-state index is 12.9. The summed E-state index contributed by atoms with van der Waals surface area (Å²) >= 11 is 0. The summed E-state index contributed by atoms with van der Waals surface area (Å²) in [7, 11) is 1.83. The minimum absolute atomic E-state index is 0.0462. The first kappa shape index (κ1) is 17.5. The van der Waals surface area contributed by atoms with Crippen LogP contribution in [0.3, 0.4) is 0 Å². The van der Waals surface area contributed by atoms with Crippen molar-refractivity contribution in [2.45, 2.75) is 57.2 Å². The van der Waals surface area contributed by atoms with E-state index in [4.69, 9.17) is 0 Å². The number of likely N-dealkylation sites (N-methyl/N-ethyl adjacent to an activating group) is 1. The normalized spacial score (nSPS) is 26.7. The predicted molar refractivity (Wildman–Crippen MR) is 100 cm³/mol. The summed E-state index contributed by atoms with van der Waals surface area (Å²) in [5.74, 6) is 0.0462. The Morgan fingerprint density at radius 3 is 2.85 bits per heavy atom. The Morgan fingerprint density at radius 2 is 2.08 bits per heavy atom. The summed E-state index contributed by atoms with van der Waals surface area (Å²) in [6, 6.07) is 5.97. The van der Waals surface area contributed by atoms with Crippen molar-refractivity contribution >= 4 is 11.6 Å². The van der Waals surface area contributed by atoms with E-state index >= 15 is 0 Å². The largest absolute Gasteiger partial charge is 0.389 e. The number of carbonyl (C=O) groups excluding carboxylic acids is 1. The van der Waals surface area contributed by atoms with Crippen molar-refractivity contribution in [3.8, 4) is 0 Å². The van der Waals surface area contributed by atoms with Gasteiger partial charge in [0.1, 0.15) is 5.65 Å². The zero-order valence-corrected chi connectivity index (χ0v) is 15.6. The molecule has 1 N–H and O–H groups in total. The first-order valence-corrected chi connectivity index (χ1v) is 9.66. The van der Waals surface area contributed by atoms with Crippen LogP contribution >= 0.6 is 0 Å². The quantitative estimate of drug-likeness (QED) is 0.905. The van der Waals surface area contributed by atoms with Gasteiger partial charge >= 0.3 is 0 Å². The zero-order chi connectivity index (χ0) is 18.3. The first-order valence-electron chi connectivity index (χ1n) is 9.66. The molecule has 0 aromatic carbocycles. The van der Waals surface area contributed by atoms with Crippen LogP contribution in [0.5, 0.6) is 0 Å². The lowest BCUT2D eigenvalue weighted by atomic mass is 10.1. The highest BCUT2D eigenvalue weighted by Crippen LogP contribution is 2.30. The molecule has 0 spiro atoms. The topological polar surface area (TPSA) is 61.1 Å². The van der Waals surface area contributed by atoms with E-state index < -0.39 is 6.10 Å². The summed E-state index contributed by atoms with van der Waals surface area (Å²) in [5.41, 5.74) is 2.69. The molecule has 140 valence electrons. The number of pyridine rings is 1. The number of nitrogens with zero attached hydrogens (tertiary/aromatic N) is 4. The van der Waals surface area contributed by atoms with Crippen LogP contribution in [0.15, 0.2) is 24.4 Å². The van der Waals surface area contributed by atoms with Crippen LogP contribution in [-0.2, 0) is 11.2 Å². The molecule has 3 heterocycles. The maximum absolute atomic E-state index is 12.9. The number of fused-ring (bicyclic) bond motifs is 1. The van der Waals surface area contributed by atoms with E-state index in [1.807, 2.05) is 42.8 Å². The first-order chi connectivity index (χ1) is 12.6. The van der Waals surface area contributed by atoms with Crippen molar-refractivity contribution < 1.29 is 9.90 Å². The number of likely N-dealkylation sites (tertiary alicyclic amines) is 1. The summed E-state index contributed by atoms with van der Waals surface area (Å²) in [6.45, 7) is 4.10. The number of aryl methyl sites for hydroxylation is 1. The van der Waals surface area contributed by atoms with Gasteiger partial charge < -0.3 is 14.4 Å². The van der Waals surface area contributed by atoms with Crippen molar-refractivity contribution in [3.63, 3.8) is 0 Å². The Balaban J connectivity index is 1.47. The number of carbonyl (C=O) groups is 1. The molecule has 1 amide bonds. The Kier molecular flexibility index (Phi) is 4.71. The van der Waals surface area contributed by atoms with Crippen LogP contribution in [0.2, 0.25) is 0 Å². The molecule has 2 aromatic rings. The number of aromatic nitrogens is 2. The second kappa shape index (κ2) is 7.00. The molecule has 1 saturated carbocycles. The fraction of sp³-hybridized carbons (Fsp3) is 0.600. The van der Waals surface area contributed by atoms with E-state index in [-0.39, 0.29) is 18.0 Å². The van der Waals surface area contributed by atoms with Crippen LogP contribution < -0.4 is 0 Å². The molecular weight excluding hydrogens is 328 g/mol. The summed E-state index contributed by atoms with van der Waals surface area (Å²) in [5, 5.41) is 10.8. The van der Waals surface area contributed by atoms with E-state index in [0.29, 0.717) is 6.42 Å². The van der Waals surface area contributed by atoms with Crippen molar-refractivity contribution in [3.05, 3.63) is 35.8 Å². The smallest absolute Gasteiger partial charge is 0.228 e. The number of hydrogen-bond donors (Lipinski definition) is 1. The number of aliphatic hydroxyl groups is 1. The van der Waals surface area contributed by atoms with Gasteiger partial charge in [-0.25, -0.2) is 4.98 Å². The third kappa shape index (κ3) is 3.01. The van der Waals surface area contributed by atoms with E-state index in [2.05, 4.69) is 9.88 Å².